The largest absolute Gasteiger partial charge is 0.494 e. The summed E-state index contributed by atoms with van der Waals surface area (Å²) >= 11 is 5.42. The van der Waals surface area contributed by atoms with E-state index in [0.29, 0.717) is 36.3 Å². The van der Waals surface area contributed by atoms with Crippen LogP contribution in [0.5, 0.6) is 5.75 Å². The molecular formula is C23H30N4O2S. The number of nitrogens with zero attached hydrogens (tertiary/aromatic N) is 2. The fraction of sp³-hybridized carbons (Fsp3) is 0.609. The van der Waals surface area contributed by atoms with E-state index < -0.39 is 0 Å². The maximum absolute atomic E-state index is 12.7. The van der Waals surface area contributed by atoms with Gasteiger partial charge in [-0.25, -0.2) is 0 Å². The first-order valence-corrected chi connectivity index (χ1v) is 11.7. The first-order valence-electron chi connectivity index (χ1n) is 11.3. The van der Waals surface area contributed by atoms with Crippen molar-refractivity contribution in [3.05, 3.63) is 29.0 Å². The molecule has 1 aromatic heterocycles. The zero-order valence-electron chi connectivity index (χ0n) is 17.5. The number of aromatic amines is 1. The van der Waals surface area contributed by atoms with E-state index in [2.05, 4.69) is 15.5 Å². The van der Waals surface area contributed by atoms with E-state index in [0.717, 1.165) is 34.9 Å². The minimum Gasteiger partial charge on any atom is -0.494 e. The van der Waals surface area contributed by atoms with Crippen LogP contribution in [-0.2, 0) is 11.3 Å². The molecule has 3 saturated carbocycles. The monoisotopic (exact) mass is 426 g/mol. The van der Waals surface area contributed by atoms with Crippen molar-refractivity contribution < 1.29 is 9.53 Å². The van der Waals surface area contributed by atoms with Crippen molar-refractivity contribution in [2.75, 3.05) is 6.61 Å². The summed E-state index contributed by atoms with van der Waals surface area (Å²) in [6.07, 6.45) is 7.10. The fourth-order valence-corrected chi connectivity index (χ4v) is 6.56. The van der Waals surface area contributed by atoms with Crippen LogP contribution in [0.1, 0.15) is 45.4 Å². The molecule has 1 amide bonds. The molecule has 0 aliphatic heterocycles. The van der Waals surface area contributed by atoms with Crippen LogP contribution in [0.3, 0.4) is 0 Å². The van der Waals surface area contributed by atoms with E-state index in [1.807, 2.05) is 35.8 Å². The predicted octanol–water partition coefficient (Wildman–Crippen LogP) is 4.34. The van der Waals surface area contributed by atoms with Crippen LogP contribution in [0.15, 0.2) is 24.3 Å². The maximum atomic E-state index is 12.7. The molecule has 30 heavy (non-hydrogen) atoms. The fourth-order valence-electron chi connectivity index (χ4n) is 6.34. The lowest BCUT2D eigenvalue weighted by Crippen LogP contribution is -2.42. The van der Waals surface area contributed by atoms with Gasteiger partial charge in [0.1, 0.15) is 5.75 Å². The summed E-state index contributed by atoms with van der Waals surface area (Å²) in [6, 6.07) is 8.18. The van der Waals surface area contributed by atoms with Crippen molar-refractivity contribution >= 4 is 18.1 Å². The minimum absolute atomic E-state index is 0.128. The Morgan fingerprint density at radius 2 is 2.03 bits per heavy atom. The Labute approximate surface area is 182 Å². The lowest BCUT2D eigenvalue weighted by atomic mass is 9.79. The maximum Gasteiger partial charge on any atom is 0.222 e. The third-order valence-electron chi connectivity index (χ3n) is 7.52. The smallest absolute Gasteiger partial charge is 0.222 e. The average Bonchev–Trinajstić information content (AvgIpc) is 3.49. The molecule has 3 aliphatic carbocycles. The number of benzene rings is 1. The van der Waals surface area contributed by atoms with Crippen molar-refractivity contribution in [3.63, 3.8) is 0 Å². The number of carbonyl (C=O) groups is 1. The van der Waals surface area contributed by atoms with Crippen molar-refractivity contribution in [1.29, 1.82) is 0 Å². The Kier molecular flexibility index (Phi) is 5.39. The SMILES string of the molecule is CCOc1ccc(-c2n[nH]c(=S)n2CCC(=O)NC2CC3CC2C2CCCC32)cc1. The predicted molar refractivity (Wildman–Crippen MR) is 118 cm³/mol. The van der Waals surface area contributed by atoms with Gasteiger partial charge in [-0.1, -0.05) is 6.42 Å². The molecule has 7 heteroatoms. The van der Waals surface area contributed by atoms with Crippen LogP contribution in [-0.4, -0.2) is 33.3 Å². The molecule has 1 aromatic carbocycles. The molecule has 0 saturated heterocycles. The normalized spacial score (nSPS) is 29.2. The lowest BCUT2D eigenvalue weighted by Gasteiger charge is -2.32. The Morgan fingerprint density at radius 1 is 1.23 bits per heavy atom. The number of hydrogen-bond acceptors (Lipinski definition) is 4. The summed E-state index contributed by atoms with van der Waals surface area (Å²) in [5.74, 6) is 5.08. The van der Waals surface area contributed by atoms with Gasteiger partial charge in [-0.15, -0.1) is 0 Å². The third kappa shape index (κ3) is 3.57. The van der Waals surface area contributed by atoms with Gasteiger partial charge in [-0.2, -0.15) is 5.10 Å². The number of rotatable bonds is 7. The summed E-state index contributed by atoms with van der Waals surface area (Å²) in [6.45, 7) is 3.13. The lowest BCUT2D eigenvalue weighted by molar-refractivity contribution is -0.122. The highest BCUT2D eigenvalue weighted by Gasteiger charge is 2.53. The summed E-state index contributed by atoms with van der Waals surface area (Å²) in [7, 11) is 0. The van der Waals surface area contributed by atoms with Crippen LogP contribution in [0.25, 0.3) is 11.4 Å². The molecule has 3 fully saturated rings. The highest BCUT2D eigenvalue weighted by atomic mass is 32.1. The molecule has 0 radical (unpaired) electrons. The second-order valence-electron chi connectivity index (χ2n) is 9.04. The Hall–Kier alpha value is -2.15. The summed E-state index contributed by atoms with van der Waals surface area (Å²) in [5.41, 5.74) is 0.951. The zero-order valence-corrected chi connectivity index (χ0v) is 18.3. The number of amides is 1. The van der Waals surface area contributed by atoms with Gasteiger partial charge in [-0.3, -0.25) is 14.5 Å². The third-order valence-corrected chi connectivity index (χ3v) is 7.83. The molecule has 2 N–H and O–H groups in total. The molecule has 2 bridgehead atoms. The van der Waals surface area contributed by atoms with Gasteiger partial charge in [-0.05, 0) is 92.8 Å². The van der Waals surface area contributed by atoms with Gasteiger partial charge in [0.2, 0.25) is 5.91 Å². The molecular weight excluding hydrogens is 396 g/mol. The summed E-state index contributed by atoms with van der Waals surface area (Å²) in [5, 5.41) is 10.6. The molecule has 160 valence electrons. The number of ether oxygens (including phenoxy) is 1. The topological polar surface area (TPSA) is 71.9 Å². The Bertz CT molecular complexity index is 966. The average molecular weight is 427 g/mol. The number of carbonyl (C=O) groups excluding carboxylic acids is 1. The molecule has 2 aromatic rings. The molecule has 6 nitrogen and oxygen atoms in total. The Morgan fingerprint density at radius 3 is 2.83 bits per heavy atom. The van der Waals surface area contributed by atoms with Gasteiger partial charge < -0.3 is 10.1 Å². The summed E-state index contributed by atoms with van der Waals surface area (Å²) < 4.78 is 7.97. The van der Waals surface area contributed by atoms with Gasteiger partial charge >= 0.3 is 0 Å². The van der Waals surface area contributed by atoms with Crippen LogP contribution < -0.4 is 10.1 Å². The number of nitrogens with one attached hydrogen (secondary N) is 2. The number of hydrogen-bond donors (Lipinski definition) is 2. The molecule has 1 heterocycles. The number of aromatic nitrogens is 3. The van der Waals surface area contributed by atoms with Crippen LogP contribution in [0, 0.1) is 28.4 Å². The van der Waals surface area contributed by atoms with Crippen molar-refractivity contribution in [1.82, 2.24) is 20.1 Å². The standard InChI is InChI=1S/C23H30N4O2S/c1-2-29-16-8-6-14(7-9-16)22-25-26-23(30)27(22)11-10-21(28)24-20-13-15-12-19(20)18-5-3-4-17(15)18/h6-9,15,17-20H,2-5,10-13H2,1H3,(H,24,28)(H,26,30). The molecule has 5 atom stereocenters. The minimum atomic E-state index is 0.128. The second-order valence-corrected chi connectivity index (χ2v) is 9.43. The van der Waals surface area contributed by atoms with E-state index in [1.54, 1.807) is 0 Å². The van der Waals surface area contributed by atoms with Crippen LogP contribution >= 0.6 is 12.2 Å². The first kappa shape index (κ1) is 19.8. The second kappa shape index (κ2) is 8.17. The van der Waals surface area contributed by atoms with Crippen LogP contribution in [0.4, 0.5) is 0 Å². The highest BCUT2D eigenvalue weighted by Crippen LogP contribution is 2.58. The summed E-state index contributed by atoms with van der Waals surface area (Å²) in [4.78, 5) is 12.7. The Balaban J connectivity index is 1.21. The first-order chi connectivity index (χ1) is 14.6. The zero-order chi connectivity index (χ0) is 20.7. The van der Waals surface area contributed by atoms with E-state index in [4.69, 9.17) is 17.0 Å². The van der Waals surface area contributed by atoms with Crippen LogP contribution in [0.2, 0.25) is 0 Å². The van der Waals surface area contributed by atoms with E-state index in [-0.39, 0.29) is 5.91 Å². The highest BCUT2D eigenvalue weighted by molar-refractivity contribution is 7.71. The number of H-pyrrole nitrogens is 1. The van der Waals surface area contributed by atoms with Crippen molar-refractivity contribution in [3.8, 4) is 17.1 Å². The van der Waals surface area contributed by atoms with Gasteiger partial charge in [0.15, 0.2) is 10.6 Å². The molecule has 5 unspecified atom stereocenters. The van der Waals surface area contributed by atoms with Gasteiger partial charge in [0.05, 0.1) is 6.61 Å². The van der Waals surface area contributed by atoms with E-state index >= 15 is 0 Å². The van der Waals surface area contributed by atoms with Crippen molar-refractivity contribution in [2.24, 2.45) is 23.7 Å². The quantitative estimate of drug-likeness (QED) is 0.646. The van der Waals surface area contributed by atoms with E-state index in [1.165, 1.54) is 32.1 Å². The van der Waals surface area contributed by atoms with Gasteiger partial charge in [0.25, 0.3) is 0 Å². The molecule has 0 spiro atoms. The number of fused-ring (bicyclic) bond motifs is 5. The molecule has 3 aliphatic rings. The molecule has 5 rings (SSSR count). The van der Waals surface area contributed by atoms with Gasteiger partial charge in [0, 0.05) is 24.6 Å². The van der Waals surface area contributed by atoms with Crippen molar-refractivity contribution in [2.45, 2.75) is 58.0 Å². The van der Waals surface area contributed by atoms with E-state index in [9.17, 15) is 4.79 Å².